The van der Waals surface area contributed by atoms with E-state index in [-0.39, 0.29) is 11.1 Å². The average Bonchev–Trinajstić information content (AvgIpc) is 2.98. The Hall–Kier alpha value is -2.45. The van der Waals surface area contributed by atoms with Crippen LogP contribution in [0.15, 0.2) is 56.8 Å². The van der Waals surface area contributed by atoms with E-state index in [1.807, 2.05) is 30.3 Å². The van der Waals surface area contributed by atoms with E-state index in [0.717, 1.165) is 27.5 Å². The Morgan fingerprint density at radius 2 is 1.85 bits per heavy atom. The van der Waals surface area contributed by atoms with Gasteiger partial charge in [0, 0.05) is 4.47 Å². The molecule has 3 rings (SSSR count). The molecule has 0 radical (unpaired) electrons. The highest BCUT2D eigenvalue weighted by Crippen LogP contribution is 2.31. The van der Waals surface area contributed by atoms with Crippen molar-refractivity contribution in [1.29, 1.82) is 0 Å². The number of ether oxygens (including phenoxy) is 3. The lowest BCUT2D eigenvalue weighted by Gasteiger charge is -2.12. The normalized spacial score (nSPS) is 15.0. The number of hydrogen-bond acceptors (Lipinski definition) is 6. The molecule has 27 heavy (non-hydrogen) atoms. The Morgan fingerprint density at radius 1 is 1.11 bits per heavy atom. The van der Waals surface area contributed by atoms with E-state index in [4.69, 9.17) is 19.9 Å². The second kappa shape index (κ2) is 8.96. The number of hydrogen-bond donors (Lipinski definition) is 1. The lowest BCUT2D eigenvalue weighted by Crippen LogP contribution is -2.09. The maximum Gasteiger partial charge on any atom is 0.286 e. The molecule has 8 heteroatoms. The molecule has 0 aromatic heterocycles. The Bertz CT molecular complexity index is 897. The van der Waals surface area contributed by atoms with E-state index in [1.165, 1.54) is 0 Å². The number of methoxy groups -OCH3 is 1. The van der Waals surface area contributed by atoms with Gasteiger partial charge in [-0.05, 0) is 59.8 Å². The van der Waals surface area contributed by atoms with E-state index in [0.29, 0.717) is 29.6 Å². The van der Waals surface area contributed by atoms with Crippen molar-refractivity contribution < 1.29 is 19.0 Å². The molecule has 0 spiro atoms. The number of carbonyl (C=O) groups excluding carboxylic acids is 1. The lowest BCUT2D eigenvalue weighted by molar-refractivity contribution is -0.113. The maximum atomic E-state index is 11.7. The van der Waals surface area contributed by atoms with Crippen LogP contribution in [0.3, 0.4) is 0 Å². The summed E-state index contributed by atoms with van der Waals surface area (Å²) >= 11 is 4.53. The van der Waals surface area contributed by atoms with Gasteiger partial charge in [0.1, 0.15) is 19.0 Å². The molecule has 1 amide bonds. The Labute approximate surface area is 169 Å². The minimum absolute atomic E-state index is 0.254. The van der Waals surface area contributed by atoms with E-state index >= 15 is 0 Å². The van der Waals surface area contributed by atoms with Crippen molar-refractivity contribution in [3.8, 4) is 17.2 Å². The monoisotopic (exact) mass is 448 g/mol. The van der Waals surface area contributed by atoms with Crippen LogP contribution in [0.2, 0.25) is 0 Å². The second-order valence-corrected chi connectivity index (χ2v) is 7.40. The third-order valence-electron chi connectivity index (χ3n) is 3.55. The SMILES string of the molecule is COc1cc(/C=C2/SC(N)=NC2=O)ccc1OCCOc1ccc(Br)cc1. The zero-order valence-electron chi connectivity index (χ0n) is 14.5. The Balaban J connectivity index is 1.58. The van der Waals surface area contributed by atoms with Crippen molar-refractivity contribution in [2.75, 3.05) is 20.3 Å². The van der Waals surface area contributed by atoms with Gasteiger partial charge in [-0.25, -0.2) is 0 Å². The van der Waals surface area contributed by atoms with Crippen molar-refractivity contribution in [3.63, 3.8) is 0 Å². The van der Waals surface area contributed by atoms with Crippen LogP contribution < -0.4 is 19.9 Å². The fourth-order valence-corrected chi connectivity index (χ4v) is 3.26. The highest BCUT2D eigenvalue weighted by molar-refractivity contribution is 9.10. The zero-order valence-corrected chi connectivity index (χ0v) is 16.9. The molecule has 2 aromatic rings. The molecule has 0 saturated carbocycles. The molecule has 1 aliphatic rings. The molecule has 0 fully saturated rings. The zero-order chi connectivity index (χ0) is 19.2. The molecule has 2 aromatic carbocycles. The van der Waals surface area contributed by atoms with Gasteiger partial charge in [-0.1, -0.05) is 22.0 Å². The maximum absolute atomic E-state index is 11.7. The van der Waals surface area contributed by atoms with E-state index in [1.54, 1.807) is 25.3 Å². The summed E-state index contributed by atoms with van der Waals surface area (Å²) in [5, 5.41) is 0.254. The van der Waals surface area contributed by atoms with Gasteiger partial charge in [0.15, 0.2) is 16.7 Å². The smallest absolute Gasteiger partial charge is 0.286 e. The summed E-state index contributed by atoms with van der Waals surface area (Å²) in [6.07, 6.45) is 1.72. The number of amides is 1. The summed E-state index contributed by atoms with van der Waals surface area (Å²) in [6.45, 7) is 0.768. The standard InChI is InChI=1S/C19H17BrN2O4S/c1-24-16-10-12(11-17-18(23)22-19(21)27-17)2-7-15(16)26-9-8-25-14-5-3-13(20)4-6-14/h2-7,10-11H,8-9H2,1H3,(H2,21,22,23)/b17-11+. The molecular formula is C19H17BrN2O4S. The molecule has 0 aliphatic carbocycles. The van der Waals surface area contributed by atoms with Gasteiger partial charge in [-0.2, -0.15) is 4.99 Å². The molecule has 6 nitrogen and oxygen atoms in total. The third-order valence-corrected chi connectivity index (χ3v) is 4.89. The van der Waals surface area contributed by atoms with Gasteiger partial charge in [0.25, 0.3) is 5.91 Å². The van der Waals surface area contributed by atoms with Crippen molar-refractivity contribution in [1.82, 2.24) is 0 Å². The van der Waals surface area contributed by atoms with Crippen LogP contribution in [-0.4, -0.2) is 31.4 Å². The Morgan fingerprint density at radius 3 is 2.52 bits per heavy atom. The first-order valence-corrected chi connectivity index (χ1v) is 9.63. The van der Waals surface area contributed by atoms with E-state index in [9.17, 15) is 4.79 Å². The summed E-state index contributed by atoms with van der Waals surface area (Å²) in [5.41, 5.74) is 6.36. The predicted octanol–water partition coefficient (Wildman–Crippen LogP) is 3.84. The van der Waals surface area contributed by atoms with E-state index in [2.05, 4.69) is 20.9 Å². The molecule has 0 saturated heterocycles. The molecule has 2 N–H and O–H groups in total. The van der Waals surface area contributed by atoms with Crippen molar-refractivity contribution in [2.24, 2.45) is 10.7 Å². The van der Waals surface area contributed by atoms with Crippen LogP contribution in [0.4, 0.5) is 0 Å². The minimum Gasteiger partial charge on any atom is -0.493 e. The van der Waals surface area contributed by atoms with Gasteiger partial charge >= 0.3 is 0 Å². The number of rotatable bonds is 7. The van der Waals surface area contributed by atoms with Gasteiger partial charge in [-0.3, -0.25) is 4.79 Å². The molecule has 140 valence electrons. The van der Waals surface area contributed by atoms with Crippen molar-refractivity contribution in [3.05, 3.63) is 57.4 Å². The van der Waals surface area contributed by atoms with Crippen LogP contribution >= 0.6 is 27.7 Å². The molecule has 1 heterocycles. The quantitative estimate of drug-likeness (QED) is 0.511. The highest BCUT2D eigenvalue weighted by atomic mass is 79.9. The largest absolute Gasteiger partial charge is 0.493 e. The first-order valence-electron chi connectivity index (χ1n) is 8.02. The van der Waals surface area contributed by atoms with Gasteiger partial charge in [-0.15, -0.1) is 0 Å². The summed E-state index contributed by atoms with van der Waals surface area (Å²) in [7, 11) is 1.56. The van der Waals surface area contributed by atoms with Crippen LogP contribution in [-0.2, 0) is 4.79 Å². The number of halogens is 1. The number of thioether (sulfide) groups is 1. The summed E-state index contributed by atoms with van der Waals surface area (Å²) in [5.74, 6) is 1.61. The molecule has 0 bridgehead atoms. The molecular weight excluding hydrogens is 432 g/mol. The highest BCUT2D eigenvalue weighted by Gasteiger charge is 2.19. The Kier molecular flexibility index (Phi) is 6.41. The van der Waals surface area contributed by atoms with Gasteiger partial charge in [0.2, 0.25) is 0 Å². The minimum atomic E-state index is -0.332. The van der Waals surface area contributed by atoms with Crippen molar-refractivity contribution >= 4 is 44.8 Å². The van der Waals surface area contributed by atoms with Crippen LogP contribution in [0.5, 0.6) is 17.2 Å². The number of nitrogens with two attached hydrogens (primary N) is 1. The topological polar surface area (TPSA) is 83.1 Å². The van der Waals surface area contributed by atoms with Crippen LogP contribution in [0.25, 0.3) is 6.08 Å². The van der Waals surface area contributed by atoms with Crippen molar-refractivity contribution in [2.45, 2.75) is 0 Å². The second-order valence-electron chi connectivity index (χ2n) is 5.43. The predicted molar refractivity (Wildman–Crippen MR) is 110 cm³/mol. The lowest BCUT2D eigenvalue weighted by atomic mass is 10.2. The average molecular weight is 449 g/mol. The molecule has 1 aliphatic heterocycles. The fourth-order valence-electron chi connectivity index (χ4n) is 2.31. The number of carbonyl (C=O) groups is 1. The fraction of sp³-hybridized carbons (Fsp3) is 0.158. The third kappa shape index (κ3) is 5.27. The number of benzene rings is 2. The first-order chi connectivity index (χ1) is 13.0. The molecule has 0 unspecified atom stereocenters. The molecule has 0 atom stereocenters. The number of aliphatic imine (C=N–C) groups is 1. The van der Waals surface area contributed by atoms with Crippen LogP contribution in [0, 0.1) is 0 Å². The van der Waals surface area contributed by atoms with Gasteiger partial charge in [0.05, 0.1) is 12.0 Å². The van der Waals surface area contributed by atoms with Crippen LogP contribution in [0.1, 0.15) is 5.56 Å². The first kappa shape index (κ1) is 19.3. The number of nitrogens with zero attached hydrogens (tertiary/aromatic N) is 1. The summed E-state index contributed by atoms with van der Waals surface area (Å²) in [4.78, 5) is 15.9. The summed E-state index contributed by atoms with van der Waals surface area (Å²) in [6, 6.07) is 13.0. The van der Waals surface area contributed by atoms with E-state index < -0.39 is 0 Å². The number of amidine groups is 1. The summed E-state index contributed by atoms with van der Waals surface area (Å²) < 4.78 is 17.8. The van der Waals surface area contributed by atoms with Gasteiger partial charge < -0.3 is 19.9 Å².